The fraction of sp³-hybridized carbons (Fsp3) is 0.500. The number of carbonyl (C=O) groups excluding carboxylic acids is 1. The number of alkyl halides is 3. The van der Waals surface area contributed by atoms with Crippen molar-refractivity contribution in [2.24, 2.45) is 0 Å². The second kappa shape index (κ2) is 6.37. The molecule has 1 heterocycles. The molecular formula is C12H14F3NO. The minimum Gasteiger partial charge on any atom is -0.300 e. The van der Waals surface area contributed by atoms with E-state index in [4.69, 9.17) is 0 Å². The zero-order chi connectivity index (χ0) is 12.7. The highest BCUT2D eigenvalue weighted by atomic mass is 19.4. The number of nitrogens with zero attached hydrogens (tertiary/aromatic N) is 1. The van der Waals surface area contributed by atoms with Gasteiger partial charge < -0.3 is 0 Å². The average molecular weight is 245 g/mol. The second-order valence-corrected chi connectivity index (χ2v) is 3.86. The lowest BCUT2D eigenvalue weighted by atomic mass is 10.1. The molecule has 0 saturated carbocycles. The van der Waals surface area contributed by atoms with E-state index in [0.717, 1.165) is 5.56 Å². The molecule has 0 aliphatic heterocycles. The number of hydrogen-bond acceptors (Lipinski definition) is 2. The maximum absolute atomic E-state index is 11.8. The zero-order valence-electron chi connectivity index (χ0n) is 9.33. The Bertz CT molecular complexity index is 349. The Kier molecular flexibility index (Phi) is 5.12. The molecule has 0 aromatic carbocycles. The number of pyridine rings is 1. The normalized spacial score (nSPS) is 11.5. The molecule has 1 aromatic rings. The summed E-state index contributed by atoms with van der Waals surface area (Å²) in [6, 6.07) is 3.59. The average Bonchev–Trinajstić information content (AvgIpc) is 2.26. The van der Waals surface area contributed by atoms with Crippen LogP contribution < -0.4 is 0 Å². The van der Waals surface area contributed by atoms with Crippen LogP contribution in [0.25, 0.3) is 0 Å². The Hall–Kier alpha value is -1.39. The van der Waals surface area contributed by atoms with Gasteiger partial charge in [-0.15, -0.1) is 0 Å². The first-order valence-corrected chi connectivity index (χ1v) is 5.45. The fourth-order valence-electron chi connectivity index (χ4n) is 1.44. The number of rotatable bonds is 6. The van der Waals surface area contributed by atoms with E-state index in [0.29, 0.717) is 12.8 Å². The number of hydrogen-bond donors (Lipinski definition) is 0. The number of ketones is 1. The molecule has 1 rings (SSSR count). The summed E-state index contributed by atoms with van der Waals surface area (Å²) in [7, 11) is 0. The third-order valence-corrected chi connectivity index (χ3v) is 2.36. The van der Waals surface area contributed by atoms with Crippen LogP contribution >= 0.6 is 0 Å². The van der Waals surface area contributed by atoms with E-state index in [1.807, 2.05) is 0 Å². The van der Waals surface area contributed by atoms with Gasteiger partial charge >= 0.3 is 6.18 Å². The fourth-order valence-corrected chi connectivity index (χ4v) is 1.44. The maximum Gasteiger partial charge on any atom is 0.389 e. The van der Waals surface area contributed by atoms with Gasteiger partial charge in [-0.25, -0.2) is 0 Å². The third kappa shape index (κ3) is 6.71. The summed E-state index contributed by atoms with van der Waals surface area (Å²) >= 11 is 0. The van der Waals surface area contributed by atoms with Gasteiger partial charge in [-0.3, -0.25) is 9.78 Å². The molecule has 5 heteroatoms. The molecule has 0 unspecified atom stereocenters. The quantitative estimate of drug-likeness (QED) is 0.769. The monoisotopic (exact) mass is 245 g/mol. The van der Waals surface area contributed by atoms with Crippen LogP contribution in [-0.4, -0.2) is 16.9 Å². The minimum absolute atomic E-state index is 0.00456. The zero-order valence-corrected chi connectivity index (χ0v) is 9.33. The Balaban J connectivity index is 2.18. The highest BCUT2D eigenvalue weighted by molar-refractivity contribution is 5.78. The lowest BCUT2D eigenvalue weighted by Gasteiger charge is -2.05. The molecule has 0 radical (unpaired) electrons. The van der Waals surface area contributed by atoms with Crippen LogP contribution in [0.3, 0.4) is 0 Å². The van der Waals surface area contributed by atoms with Crippen LogP contribution in [-0.2, 0) is 11.2 Å². The van der Waals surface area contributed by atoms with Gasteiger partial charge in [-0.05, 0) is 30.5 Å². The number of aryl methyl sites for hydroxylation is 1. The molecule has 0 fully saturated rings. The van der Waals surface area contributed by atoms with Crippen LogP contribution in [0, 0.1) is 0 Å². The van der Waals surface area contributed by atoms with Crippen LogP contribution in [0.15, 0.2) is 24.5 Å². The summed E-state index contributed by atoms with van der Waals surface area (Å²) in [5.74, 6) is -0.119. The summed E-state index contributed by atoms with van der Waals surface area (Å²) in [4.78, 5) is 15.2. The van der Waals surface area contributed by atoms with Crippen molar-refractivity contribution in [3.8, 4) is 0 Å². The predicted molar refractivity (Wildman–Crippen MR) is 57.5 cm³/mol. The first-order chi connectivity index (χ1) is 7.97. The SMILES string of the molecule is O=C(CCCC(F)(F)F)CCc1ccncc1. The van der Waals surface area contributed by atoms with Crippen LogP contribution in [0.2, 0.25) is 0 Å². The third-order valence-electron chi connectivity index (χ3n) is 2.36. The maximum atomic E-state index is 11.8. The van der Waals surface area contributed by atoms with E-state index in [-0.39, 0.29) is 18.6 Å². The Morgan fingerprint density at radius 2 is 1.82 bits per heavy atom. The summed E-state index contributed by atoms with van der Waals surface area (Å²) < 4.78 is 35.5. The molecule has 0 spiro atoms. The van der Waals surface area contributed by atoms with Crippen LogP contribution in [0.4, 0.5) is 13.2 Å². The van der Waals surface area contributed by atoms with Crippen molar-refractivity contribution in [2.45, 2.75) is 38.3 Å². The van der Waals surface area contributed by atoms with Gasteiger partial charge in [-0.2, -0.15) is 13.2 Å². The highest BCUT2D eigenvalue weighted by Gasteiger charge is 2.26. The van der Waals surface area contributed by atoms with Gasteiger partial charge in [-0.1, -0.05) is 0 Å². The van der Waals surface area contributed by atoms with Crippen LogP contribution in [0.5, 0.6) is 0 Å². The van der Waals surface area contributed by atoms with E-state index in [1.54, 1.807) is 24.5 Å². The topological polar surface area (TPSA) is 30.0 Å². The number of aromatic nitrogens is 1. The van der Waals surface area contributed by atoms with Crippen molar-refractivity contribution in [1.82, 2.24) is 4.98 Å². The van der Waals surface area contributed by atoms with Gasteiger partial charge in [0.05, 0.1) is 0 Å². The molecule has 0 aliphatic carbocycles. The van der Waals surface area contributed by atoms with Crippen molar-refractivity contribution in [3.63, 3.8) is 0 Å². The van der Waals surface area contributed by atoms with Gasteiger partial charge in [0.25, 0.3) is 0 Å². The number of halogens is 3. The Morgan fingerprint density at radius 1 is 1.18 bits per heavy atom. The summed E-state index contributed by atoms with van der Waals surface area (Å²) in [5, 5.41) is 0. The predicted octanol–water partition coefficient (Wildman–Crippen LogP) is 3.32. The number of Topliss-reactive ketones (excluding diaryl/α,β-unsaturated/α-hetero) is 1. The molecule has 0 N–H and O–H groups in total. The van der Waals surface area contributed by atoms with Gasteiger partial charge in [0.1, 0.15) is 5.78 Å². The Labute approximate surface area is 97.9 Å². The van der Waals surface area contributed by atoms with Crippen molar-refractivity contribution >= 4 is 5.78 Å². The first kappa shape index (κ1) is 13.7. The van der Waals surface area contributed by atoms with Crippen molar-refractivity contribution in [2.75, 3.05) is 0 Å². The van der Waals surface area contributed by atoms with Gasteiger partial charge in [0, 0.05) is 31.7 Å². The molecular weight excluding hydrogens is 231 g/mol. The van der Waals surface area contributed by atoms with Gasteiger partial charge in [0.2, 0.25) is 0 Å². The van der Waals surface area contributed by atoms with Gasteiger partial charge in [0.15, 0.2) is 0 Å². The Morgan fingerprint density at radius 3 is 2.41 bits per heavy atom. The molecule has 0 bridgehead atoms. The molecule has 94 valence electrons. The number of carbonyl (C=O) groups is 1. The minimum atomic E-state index is -4.16. The summed E-state index contributed by atoms with van der Waals surface area (Å²) in [6.07, 6.45) is -1.04. The lowest BCUT2D eigenvalue weighted by Crippen LogP contribution is -2.08. The summed E-state index contributed by atoms with van der Waals surface area (Å²) in [5.41, 5.74) is 0.976. The standard InChI is InChI=1S/C12H14F3NO/c13-12(14,15)7-1-2-11(17)4-3-10-5-8-16-9-6-10/h5-6,8-9H,1-4,7H2. The summed E-state index contributed by atoms with van der Waals surface area (Å²) in [6.45, 7) is 0. The molecule has 2 nitrogen and oxygen atoms in total. The molecule has 0 aliphatic rings. The van der Waals surface area contributed by atoms with E-state index >= 15 is 0 Å². The van der Waals surface area contributed by atoms with Crippen molar-refractivity contribution in [1.29, 1.82) is 0 Å². The molecule has 0 amide bonds. The molecule has 17 heavy (non-hydrogen) atoms. The van der Waals surface area contributed by atoms with Crippen molar-refractivity contribution in [3.05, 3.63) is 30.1 Å². The molecule has 0 saturated heterocycles. The van der Waals surface area contributed by atoms with E-state index < -0.39 is 12.6 Å². The molecule has 0 atom stereocenters. The van der Waals surface area contributed by atoms with E-state index in [1.165, 1.54) is 0 Å². The smallest absolute Gasteiger partial charge is 0.300 e. The van der Waals surface area contributed by atoms with Crippen LogP contribution in [0.1, 0.15) is 31.2 Å². The lowest BCUT2D eigenvalue weighted by molar-refractivity contribution is -0.137. The largest absolute Gasteiger partial charge is 0.389 e. The molecule has 1 aromatic heterocycles. The second-order valence-electron chi connectivity index (χ2n) is 3.86. The van der Waals surface area contributed by atoms with E-state index in [9.17, 15) is 18.0 Å². The van der Waals surface area contributed by atoms with Crippen molar-refractivity contribution < 1.29 is 18.0 Å². The van der Waals surface area contributed by atoms with E-state index in [2.05, 4.69) is 4.98 Å². The first-order valence-electron chi connectivity index (χ1n) is 5.45. The highest BCUT2D eigenvalue weighted by Crippen LogP contribution is 2.22.